The first kappa shape index (κ1) is 10.8. The highest BCUT2D eigenvalue weighted by Crippen LogP contribution is 2.25. The molecule has 3 aromatic carbocycles. The van der Waals surface area contributed by atoms with Gasteiger partial charge in [-0.2, -0.15) is 0 Å². The fourth-order valence-electron chi connectivity index (χ4n) is 2.30. The fraction of sp³-hybridized carbons (Fsp3) is 0.0625. The third kappa shape index (κ3) is 1.63. The minimum atomic E-state index is -0.0509. The summed E-state index contributed by atoms with van der Waals surface area (Å²) < 4.78 is 0. The molecule has 0 aliphatic heterocycles. The molecule has 0 atom stereocenters. The zero-order chi connectivity index (χ0) is 12.5. The maximum absolute atomic E-state index is 11.6. The quantitative estimate of drug-likeness (QED) is 0.644. The third-order valence-electron chi connectivity index (χ3n) is 3.23. The fourth-order valence-corrected chi connectivity index (χ4v) is 2.30. The molecule has 2 heteroatoms. The zero-order valence-corrected chi connectivity index (χ0v) is 10.1. The van der Waals surface area contributed by atoms with E-state index in [2.05, 4.69) is 29.6 Å². The van der Waals surface area contributed by atoms with Crippen LogP contribution in [0.15, 0.2) is 54.6 Å². The average molecular weight is 235 g/mol. The summed E-state index contributed by atoms with van der Waals surface area (Å²) in [5.74, 6) is -0.0509. The van der Waals surface area contributed by atoms with Crippen molar-refractivity contribution in [2.75, 3.05) is 7.05 Å². The molecule has 0 radical (unpaired) electrons. The summed E-state index contributed by atoms with van der Waals surface area (Å²) in [4.78, 5) is 11.6. The summed E-state index contributed by atoms with van der Waals surface area (Å²) in [6.45, 7) is 0. The van der Waals surface area contributed by atoms with Gasteiger partial charge in [0.15, 0.2) is 0 Å². The van der Waals surface area contributed by atoms with Gasteiger partial charge in [-0.05, 0) is 33.7 Å². The molecule has 3 rings (SSSR count). The standard InChI is InChI=1S/C16H13NO/c1-17-16(18)13-8-9-15-12(10-13)7-6-11-4-2-3-5-14(11)15/h2-10H,1H3,(H,17,18). The maximum atomic E-state index is 11.6. The molecule has 2 nitrogen and oxygen atoms in total. The highest BCUT2D eigenvalue weighted by molar-refractivity contribution is 6.09. The van der Waals surface area contributed by atoms with Gasteiger partial charge < -0.3 is 5.32 Å². The Bertz CT molecular complexity index is 746. The predicted molar refractivity (Wildman–Crippen MR) is 74.8 cm³/mol. The summed E-state index contributed by atoms with van der Waals surface area (Å²) in [5.41, 5.74) is 0.695. The summed E-state index contributed by atoms with van der Waals surface area (Å²) in [5, 5.41) is 7.36. The molecule has 18 heavy (non-hydrogen) atoms. The molecule has 0 bridgehead atoms. The molecule has 3 aromatic rings. The molecule has 1 amide bonds. The lowest BCUT2D eigenvalue weighted by molar-refractivity contribution is 0.0963. The Kier molecular flexibility index (Phi) is 2.49. The minimum absolute atomic E-state index is 0.0509. The normalized spacial score (nSPS) is 10.7. The van der Waals surface area contributed by atoms with Crippen molar-refractivity contribution in [3.8, 4) is 0 Å². The molecule has 0 spiro atoms. The Balaban J connectivity index is 2.31. The number of nitrogens with one attached hydrogen (secondary N) is 1. The van der Waals surface area contributed by atoms with Crippen molar-refractivity contribution in [2.24, 2.45) is 0 Å². The van der Waals surface area contributed by atoms with Gasteiger partial charge in [0.05, 0.1) is 0 Å². The van der Waals surface area contributed by atoms with Crippen LogP contribution in [0.25, 0.3) is 21.5 Å². The van der Waals surface area contributed by atoms with Crippen LogP contribution >= 0.6 is 0 Å². The van der Waals surface area contributed by atoms with E-state index in [1.807, 2.05) is 30.3 Å². The van der Waals surface area contributed by atoms with E-state index < -0.39 is 0 Å². The average Bonchev–Trinajstić information content (AvgIpc) is 2.45. The van der Waals surface area contributed by atoms with Gasteiger partial charge in [-0.15, -0.1) is 0 Å². The van der Waals surface area contributed by atoms with E-state index in [4.69, 9.17) is 0 Å². The lowest BCUT2D eigenvalue weighted by Crippen LogP contribution is -2.17. The maximum Gasteiger partial charge on any atom is 0.251 e. The van der Waals surface area contributed by atoms with E-state index in [0.717, 1.165) is 5.39 Å². The highest BCUT2D eigenvalue weighted by atomic mass is 16.1. The first-order valence-corrected chi connectivity index (χ1v) is 5.93. The van der Waals surface area contributed by atoms with E-state index in [1.54, 1.807) is 7.05 Å². The second-order valence-electron chi connectivity index (χ2n) is 4.30. The second-order valence-corrected chi connectivity index (χ2v) is 4.30. The molecule has 0 heterocycles. The van der Waals surface area contributed by atoms with Crippen LogP contribution in [0.4, 0.5) is 0 Å². The van der Waals surface area contributed by atoms with Crippen LogP contribution in [0, 0.1) is 0 Å². The smallest absolute Gasteiger partial charge is 0.251 e. The van der Waals surface area contributed by atoms with Gasteiger partial charge in [0.1, 0.15) is 0 Å². The van der Waals surface area contributed by atoms with Crippen LogP contribution in [-0.4, -0.2) is 13.0 Å². The van der Waals surface area contributed by atoms with Gasteiger partial charge in [0.2, 0.25) is 0 Å². The summed E-state index contributed by atoms with van der Waals surface area (Å²) >= 11 is 0. The van der Waals surface area contributed by atoms with Gasteiger partial charge in [0.25, 0.3) is 5.91 Å². The number of carbonyl (C=O) groups is 1. The Morgan fingerprint density at radius 2 is 1.61 bits per heavy atom. The zero-order valence-electron chi connectivity index (χ0n) is 10.1. The molecule has 0 aliphatic carbocycles. The van der Waals surface area contributed by atoms with E-state index in [1.165, 1.54) is 16.2 Å². The lowest BCUT2D eigenvalue weighted by Gasteiger charge is -2.06. The van der Waals surface area contributed by atoms with Crippen LogP contribution in [0.3, 0.4) is 0 Å². The molecule has 0 unspecified atom stereocenters. The molecular weight excluding hydrogens is 222 g/mol. The molecule has 0 aromatic heterocycles. The predicted octanol–water partition coefficient (Wildman–Crippen LogP) is 3.35. The minimum Gasteiger partial charge on any atom is -0.355 e. The highest BCUT2D eigenvalue weighted by Gasteiger charge is 2.05. The molecule has 0 saturated carbocycles. The summed E-state index contributed by atoms with van der Waals surface area (Å²) in [6, 6.07) is 18.2. The molecule has 0 aliphatic rings. The van der Waals surface area contributed by atoms with Gasteiger partial charge in [-0.3, -0.25) is 4.79 Å². The number of fused-ring (bicyclic) bond motifs is 3. The Labute approximate surface area is 105 Å². The van der Waals surface area contributed by atoms with Crippen molar-refractivity contribution in [3.63, 3.8) is 0 Å². The molecule has 0 saturated heterocycles. The van der Waals surface area contributed by atoms with Gasteiger partial charge in [-0.25, -0.2) is 0 Å². The topological polar surface area (TPSA) is 29.1 Å². The Hall–Kier alpha value is -2.35. The summed E-state index contributed by atoms with van der Waals surface area (Å²) in [7, 11) is 1.65. The second kappa shape index (κ2) is 4.15. The largest absolute Gasteiger partial charge is 0.355 e. The van der Waals surface area contributed by atoms with Crippen molar-refractivity contribution >= 4 is 27.5 Å². The molecular formula is C16H13NO. The van der Waals surface area contributed by atoms with Crippen molar-refractivity contribution < 1.29 is 4.79 Å². The molecule has 1 N–H and O–H groups in total. The van der Waals surface area contributed by atoms with E-state index in [-0.39, 0.29) is 5.91 Å². The Morgan fingerprint density at radius 3 is 2.44 bits per heavy atom. The SMILES string of the molecule is CNC(=O)c1ccc2c(ccc3ccccc32)c1. The van der Waals surface area contributed by atoms with Gasteiger partial charge in [-0.1, -0.05) is 42.5 Å². The van der Waals surface area contributed by atoms with Crippen molar-refractivity contribution in [1.82, 2.24) is 5.32 Å². The van der Waals surface area contributed by atoms with Gasteiger partial charge >= 0.3 is 0 Å². The number of hydrogen-bond acceptors (Lipinski definition) is 1. The van der Waals surface area contributed by atoms with E-state index in [9.17, 15) is 4.79 Å². The van der Waals surface area contributed by atoms with Crippen LogP contribution in [-0.2, 0) is 0 Å². The van der Waals surface area contributed by atoms with Crippen LogP contribution in [0.2, 0.25) is 0 Å². The van der Waals surface area contributed by atoms with E-state index >= 15 is 0 Å². The van der Waals surface area contributed by atoms with Crippen molar-refractivity contribution in [1.29, 1.82) is 0 Å². The van der Waals surface area contributed by atoms with Crippen LogP contribution in [0.1, 0.15) is 10.4 Å². The number of hydrogen-bond donors (Lipinski definition) is 1. The first-order chi connectivity index (χ1) is 8.79. The first-order valence-electron chi connectivity index (χ1n) is 5.93. The Morgan fingerprint density at radius 1 is 0.889 bits per heavy atom. The van der Waals surface area contributed by atoms with Crippen LogP contribution in [0.5, 0.6) is 0 Å². The van der Waals surface area contributed by atoms with Crippen molar-refractivity contribution in [3.05, 3.63) is 60.2 Å². The van der Waals surface area contributed by atoms with E-state index in [0.29, 0.717) is 5.56 Å². The lowest BCUT2D eigenvalue weighted by atomic mass is 10.00. The van der Waals surface area contributed by atoms with Crippen molar-refractivity contribution in [2.45, 2.75) is 0 Å². The molecule has 88 valence electrons. The molecule has 0 fully saturated rings. The van der Waals surface area contributed by atoms with Gasteiger partial charge in [0, 0.05) is 12.6 Å². The number of amides is 1. The third-order valence-corrected chi connectivity index (χ3v) is 3.23. The van der Waals surface area contributed by atoms with Crippen LogP contribution < -0.4 is 5.32 Å². The number of carbonyl (C=O) groups excluding carboxylic acids is 1. The number of benzene rings is 3. The number of rotatable bonds is 1. The monoisotopic (exact) mass is 235 g/mol. The summed E-state index contributed by atoms with van der Waals surface area (Å²) in [6.07, 6.45) is 0.